The first-order valence-electron chi connectivity index (χ1n) is 8.59. The molecular weight excluding hydrogens is 328 g/mol. The standard InChI is InChI=1S/C16H26N4O3S/c1-13-11-17-6-9-20(13)16(21)15-10-14(12-18(15)2)24(22,23)19-7-4-3-5-8-19/h10,12-13,17H,3-9,11H2,1-2H3/t13-/m1/s1. The van der Waals surface area contributed by atoms with Gasteiger partial charge in [0.05, 0.1) is 0 Å². The SMILES string of the molecule is C[C@@H]1CNCCN1C(=O)c1cc(S(=O)(=O)N2CCCCC2)cn1C. The predicted octanol–water partition coefficient (Wildman–Crippen LogP) is 0.634. The maximum Gasteiger partial charge on any atom is 0.270 e. The summed E-state index contributed by atoms with van der Waals surface area (Å²) in [6, 6.07) is 1.63. The molecule has 2 fully saturated rings. The van der Waals surface area contributed by atoms with E-state index >= 15 is 0 Å². The third-order valence-corrected chi connectivity index (χ3v) is 6.78. The van der Waals surface area contributed by atoms with Gasteiger partial charge < -0.3 is 14.8 Å². The van der Waals surface area contributed by atoms with Crippen molar-refractivity contribution in [2.75, 3.05) is 32.7 Å². The fourth-order valence-electron chi connectivity index (χ4n) is 3.43. The van der Waals surface area contributed by atoms with Crippen LogP contribution in [0, 0.1) is 0 Å². The topological polar surface area (TPSA) is 74.7 Å². The Morgan fingerprint density at radius 2 is 1.92 bits per heavy atom. The minimum Gasteiger partial charge on any atom is -0.345 e. The quantitative estimate of drug-likeness (QED) is 0.864. The first-order valence-corrected chi connectivity index (χ1v) is 10.0. The molecular formula is C16H26N4O3S. The Kier molecular flexibility index (Phi) is 4.98. The number of nitrogens with one attached hydrogen (secondary N) is 1. The number of carbonyl (C=O) groups excluding carboxylic acids is 1. The number of carbonyl (C=O) groups is 1. The number of piperidine rings is 1. The highest BCUT2D eigenvalue weighted by Gasteiger charge is 2.31. The Balaban J connectivity index is 1.85. The molecule has 134 valence electrons. The third-order valence-electron chi connectivity index (χ3n) is 4.91. The lowest BCUT2D eigenvalue weighted by atomic mass is 10.2. The van der Waals surface area contributed by atoms with Crippen molar-refractivity contribution in [3.05, 3.63) is 18.0 Å². The second-order valence-corrected chi connectivity index (χ2v) is 8.63. The van der Waals surface area contributed by atoms with E-state index in [1.807, 2.05) is 11.8 Å². The van der Waals surface area contributed by atoms with Crippen molar-refractivity contribution in [3.8, 4) is 0 Å². The Bertz CT molecular complexity index is 707. The van der Waals surface area contributed by atoms with Crippen LogP contribution in [0.2, 0.25) is 0 Å². The lowest BCUT2D eigenvalue weighted by molar-refractivity contribution is 0.0646. The van der Waals surface area contributed by atoms with Crippen molar-refractivity contribution < 1.29 is 13.2 Å². The summed E-state index contributed by atoms with van der Waals surface area (Å²) in [6.07, 6.45) is 4.43. The lowest BCUT2D eigenvalue weighted by Gasteiger charge is -2.34. The number of hydrogen-bond donors (Lipinski definition) is 1. The molecule has 24 heavy (non-hydrogen) atoms. The van der Waals surface area contributed by atoms with E-state index in [0.29, 0.717) is 25.3 Å². The number of amides is 1. The normalized spacial score (nSPS) is 23.4. The van der Waals surface area contributed by atoms with Crippen LogP contribution >= 0.6 is 0 Å². The Morgan fingerprint density at radius 1 is 1.21 bits per heavy atom. The molecule has 0 radical (unpaired) electrons. The minimum absolute atomic E-state index is 0.100. The number of piperazine rings is 1. The van der Waals surface area contributed by atoms with Crippen molar-refractivity contribution in [2.24, 2.45) is 7.05 Å². The van der Waals surface area contributed by atoms with E-state index in [2.05, 4.69) is 5.32 Å². The van der Waals surface area contributed by atoms with Crippen molar-refractivity contribution in [1.29, 1.82) is 0 Å². The van der Waals surface area contributed by atoms with E-state index in [4.69, 9.17) is 0 Å². The smallest absolute Gasteiger partial charge is 0.270 e. The number of nitrogens with zero attached hydrogens (tertiary/aromatic N) is 3. The summed E-state index contributed by atoms with van der Waals surface area (Å²) >= 11 is 0. The molecule has 7 nitrogen and oxygen atoms in total. The van der Waals surface area contributed by atoms with Gasteiger partial charge in [-0.3, -0.25) is 4.79 Å². The molecule has 0 bridgehead atoms. The van der Waals surface area contributed by atoms with Gasteiger partial charge in [0, 0.05) is 52.0 Å². The molecule has 2 saturated heterocycles. The van der Waals surface area contributed by atoms with Crippen molar-refractivity contribution in [2.45, 2.75) is 37.1 Å². The van der Waals surface area contributed by atoms with E-state index in [-0.39, 0.29) is 16.8 Å². The van der Waals surface area contributed by atoms with Crippen LogP contribution in [-0.2, 0) is 17.1 Å². The van der Waals surface area contributed by atoms with Gasteiger partial charge >= 0.3 is 0 Å². The van der Waals surface area contributed by atoms with Gasteiger partial charge in [-0.25, -0.2) is 8.42 Å². The summed E-state index contributed by atoms with van der Waals surface area (Å²) in [5, 5.41) is 3.25. The largest absolute Gasteiger partial charge is 0.345 e. The molecule has 0 aliphatic carbocycles. The molecule has 1 N–H and O–H groups in total. The first-order chi connectivity index (χ1) is 11.4. The molecule has 0 aromatic carbocycles. The molecule has 1 amide bonds. The van der Waals surface area contributed by atoms with E-state index in [1.165, 1.54) is 10.4 Å². The summed E-state index contributed by atoms with van der Waals surface area (Å²) in [5.74, 6) is -0.105. The highest BCUT2D eigenvalue weighted by Crippen LogP contribution is 2.23. The molecule has 0 saturated carbocycles. The summed E-state index contributed by atoms with van der Waals surface area (Å²) in [7, 11) is -1.78. The molecule has 0 unspecified atom stereocenters. The number of aromatic nitrogens is 1. The average Bonchev–Trinajstić information content (AvgIpc) is 2.98. The fourth-order valence-corrected chi connectivity index (χ4v) is 5.02. The van der Waals surface area contributed by atoms with E-state index < -0.39 is 10.0 Å². The van der Waals surface area contributed by atoms with Crippen LogP contribution in [0.25, 0.3) is 0 Å². The van der Waals surface area contributed by atoms with Gasteiger partial charge in [0.1, 0.15) is 10.6 Å². The maximum atomic E-state index is 12.8. The second-order valence-electron chi connectivity index (χ2n) is 6.69. The molecule has 3 rings (SSSR count). The third kappa shape index (κ3) is 3.22. The molecule has 8 heteroatoms. The van der Waals surface area contributed by atoms with Crippen LogP contribution in [0.4, 0.5) is 0 Å². The zero-order valence-electron chi connectivity index (χ0n) is 14.4. The predicted molar refractivity (Wildman–Crippen MR) is 91.4 cm³/mol. The average molecular weight is 354 g/mol. The van der Waals surface area contributed by atoms with Gasteiger partial charge in [-0.05, 0) is 25.8 Å². The lowest BCUT2D eigenvalue weighted by Crippen LogP contribution is -2.52. The zero-order valence-corrected chi connectivity index (χ0v) is 15.2. The Morgan fingerprint density at radius 3 is 2.58 bits per heavy atom. The van der Waals surface area contributed by atoms with Gasteiger partial charge in [0.15, 0.2) is 0 Å². The second kappa shape index (κ2) is 6.85. The van der Waals surface area contributed by atoms with Crippen LogP contribution in [0.1, 0.15) is 36.7 Å². The van der Waals surface area contributed by atoms with Gasteiger partial charge in [0.2, 0.25) is 10.0 Å². The molecule has 2 aliphatic rings. The van der Waals surface area contributed by atoms with Gasteiger partial charge in [-0.15, -0.1) is 0 Å². The Hall–Kier alpha value is -1.38. The number of hydrogen-bond acceptors (Lipinski definition) is 4. The van der Waals surface area contributed by atoms with Crippen LogP contribution in [0.5, 0.6) is 0 Å². The molecule has 3 heterocycles. The van der Waals surface area contributed by atoms with Crippen molar-refractivity contribution >= 4 is 15.9 Å². The van der Waals surface area contributed by atoms with Crippen molar-refractivity contribution in [3.63, 3.8) is 0 Å². The summed E-state index contributed by atoms with van der Waals surface area (Å²) in [4.78, 5) is 14.8. The van der Waals surface area contributed by atoms with Gasteiger partial charge in [-0.1, -0.05) is 6.42 Å². The monoisotopic (exact) mass is 354 g/mol. The fraction of sp³-hybridized carbons (Fsp3) is 0.688. The van der Waals surface area contributed by atoms with Crippen LogP contribution in [-0.4, -0.2) is 66.9 Å². The molecule has 0 spiro atoms. The van der Waals surface area contributed by atoms with Crippen molar-refractivity contribution in [1.82, 2.24) is 19.1 Å². The minimum atomic E-state index is -3.51. The van der Waals surface area contributed by atoms with E-state index in [9.17, 15) is 13.2 Å². The highest BCUT2D eigenvalue weighted by molar-refractivity contribution is 7.89. The van der Waals surface area contributed by atoms with Gasteiger partial charge in [0.25, 0.3) is 5.91 Å². The van der Waals surface area contributed by atoms with E-state index in [0.717, 1.165) is 32.4 Å². The first kappa shape index (κ1) is 17.4. The Labute approximate surface area is 143 Å². The number of aryl methyl sites for hydroxylation is 1. The van der Waals surface area contributed by atoms with Gasteiger partial charge in [-0.2, -0.15) is 4.31 Å². The zero-order chi connectivity index (χ0) is 17.3. The maximum absolute atomic E-state index is 12.8. The molecule has 2 aliphatic heterocycles. The van der Waals surface area contributed by atoms with Crippen LogP contribution < -0.4 is 5.32 Å². The van der Waals surface area contributed by atoms with Crippen LogP contribution in [0.3, 0.4) is 0 Å². The number of sulfonamides is 1. The summed E-state index contributed by atoms with van der Waals surface area (Å²) in [5.41, 5.74) is 0.430. The number of rotatable bonds is 3. The highest BCUT2D eigenvalue weighted by atomic mass is 32.2. The molecule has 1 atom stereocenters. The summed E-state index contributed by atoms with van der Waals surface area (Å²) < 4.78 is 28.8. The van der Waals surface area contributed by atoms with E-state index in [1.54, 1.807) is 17.8 Å². The molecule has 1 aromatic heterocycles. The summed E-state index contributed by atoms with van der Waals surface area (Å²) in [6.45, 7) is 5.29. The van der Waals surface area contributed by atoms with Crippen LogP contribution in [0.15, 0.2) is 17.2 Å². The molecule has 1 aromatic rings.